The number of hydrogen-bond donors (Lipinski definition) is 4. The second kappa shape index (κ2) is 10.1. The fraction of sp³-hybridized carbons (Fsp3) is 0.214. The number of carbonyl (C=O) groups is 4. The molecule has 4 N–H and O–H groups in total. The van der Waals surface area contributed by atoms with Crippen LogP contribution in [0.3, 0.4) is 0 Å². The molecule has 4 aromatic rings. The maximum absolute atomic E-state index is 14.5. The molecule has 0 saturated heterocycles. The van der Waals surface area contributed by atoms with Crippen LogP contribution in [0.4, 0.5) is 10.1 Å². The molecule has 2 aromatic heterocycles. The van der Waals surface area contributed by atoms with Gasteiger partial charge in [-0.1, -0.05) is 18.2 Å². The summed E-state index contributed by atoms with van der Waals surface area (Å²) in [4.78, 5) is 53.9. The topological polar surface area (TPSA) is 164 Å². The second-order valence-corrected chi connectivity index (χ2v) is 9.80. The van der Waals surface area contributed by atoms with Crippen LogP contribution in [0.25, 0.3) is 5.65 Å². The zero-order valence-corrected chi connectivity index (χ0v) is 21.6. The molecule has 3 amide bonds. The molecule has 41 heavy (non-hydrogen) atoms. The summed E-state index contributed by atoms with van der Waals surface area (Å²) in [5.41, 5.74) is 2.28. The van der Waals surface area contributed by atoms with E-state index in [4.69, 9.17) is 4.74 Å². The molecular formula is C28H23FN6O6. The third-order valence-electron chi connectivity index (χ3n) is 7.01. The molecule has 3 heterocycles. The summed E-state index contributed by atoms with van der Waals surface area (Å²) in [6.07, 6.45) is 0.153. The fourth-order valence-electron chi connectivity index (χ4n) is 4.97. The lowest BCUT2D eigenvalue weighted by atomic mass is 10.0. The van der Waals surface area contributed by atoms with Crippen LogP contribution in [0.2, 0.25) is 0 Å². The number of aromatic nitrogens is 3. The summed E-state index contributed by atoms with van der Waals surface area (Å²) < 4.78 is 20.8. The van der Waals surface area contributed by atoms with E-state index in [-0.39, 0.29) is 48.3 Å². The Morgan fingerprint density at radius 3 is 2.80 bits per heavy atom. The number of aliphatic hydroxyl groups excluding tert-OH is 1. The normalized spacial score (nSPS) is 17.3. The average molecular weight is 559 g/mol. The van der Waals surface area contributed by atoms with Crippen molar-refractivity contribution in [3.05, 3.63) is 88.1 Å². The molecule has 2 atom stereocenters. The van der Waals surface area contributed by atoms with Crippen LogP contribution in [0.15, 0.2) is 48.7 Å². The van der Waals surface area contributed by atoms with Gasteiger partial charge >= 0.3 is 0 Å². The minimum atomic E-state index is -0.961. The Morgan fingerprint density at radius 2 is 2.00 bits per heavy atom. The molecule has 0 bridgehead atoms. The highest BCUT2D eigenvalue weighted by atomic mass is 19.1. The predicted octanol–water partition coefficient (Wildman–Crippen LogP) is 1.72. The Balaban J connectivity index is 1.24. The average Bonchev–Trinajstić information content (AvgIpc) is 3.48. The number of ketones is 1. The van der Waals surface area contributed by atoms with Gasteiger partial charge in [0.2, 0.25) is 0 Å². The van der Waals surface area contributed by atoms with Gasteiger partial charge in [-0.2, -0.15) is 5.10 Å². The highest BCUT2D eigenvalue weighted by molar-refractivity contribution is 5.99. The fourth-order valence-corrected chi connectivity index (χ4v) is 4.97. The number of fused-ring (bicyclic) bond motifs is 3. The Hall–Kier alpha value is -5.17. The molecule has 0 unspecified atom stereocenters. The highest BCUT2D eigenvalue weighted by Gasteiger charge is 2.34. The van der Waals surface area contributed by atoms with Gasteiger partial charge in [0.25, 0.3) is 17.7 Å². The van der Waals surface area contributed by atoms with Crippen molar-refractivity contribution in [2.24, 2.45) is 0 Å². The third kappa shape index (κ3) is 4.87. The van der Waals surface area contributed by atoms with Crippen LogP contribution < -0.4 is 20.7 Å². The van der Waals surface area contributed by atoms with Crippen molar-refractivity contribution in [3.63, 3.8) is 0 Å². The number of halogens is 1. The van der Waals surface area contributed by atoms with Crippen LogP contribution in [0, 0.1) is 5.82 Å². The van der Waals surface area contributed by atoms with E-state index in [0.29, 0.717) is 28.1 Å². The van der Waals surface area contributed by atoms with Crippen molar-refractivity contribution in [2.45, 2.75) is 32.0 Å². The van der Waals surface area contributed by atoms with E-state index in [1.165, 1.54) is 13.0 Å². The van der Waals surface area contributed by atoms with Gasteiger partial charge in [0, 0.05) is 24.6 Å². The van der Waals surface area contributed by atoms with Crippen LogP contribution >= 0.6 is 0 Å². The van der Waals surface area contributed by atoms with Gasteiger partial charge < -0.3 is 25.8 Å². The van der Waals surface area contributed by atoms with Gasteiger partial charge in [-0.25, -0.2) is 13.9 Å². The molecule has 0 fully saturated rings. The van der Waals surface area contributed by atoms with Gasteiger partial charge in [0.15, 0.2) is 23.9 Å². The van der Waals surface area contributed by atoms with E-state index in [1.807, 2.05) is 0 Å². The summed E-state index contributed by atoms with van der Waals surface area (Å²) in [5.74, 6) is -2.13. The first kappa shape index (κ1) is 26.1. The SMILES string of the molecule is CC(=O)c1ccc2c(c1)C[C@H](O)[C@@H]2NC(=O)c1cc(C(=O)NCc2ccc3c(c2)NC(=O)CO3)nc2c(F)cnn12. The van der Waals surface area contributed by atoms with Crippen LogP contribution in [0.5, 0.6) is 5.75 Å². The predicted molar refractivity (Wildman–Crippen MR) is 141 cm³/mol. The summed E-state index contributed by atoms with van der Waals surface area (Å²) >= 11 is 0. The molecule has 0 radical (unpaired) electrons. The molecule has 2 aliphatic rings. The largest absolute Gasteiger partial charge is 0.482 e. The number of carbonyl (C=O) groups excluding carboxylic acids is 4. The highest BCUT2D eigenvalue weighted by Crippen LogP contribution is 2.33. The lowest BCUT2D eigenvalue weighted by Crippen LogP contribution is -2.35. The monoisotopic (exact) mass is 558 g/mol. The summed E-state index contributed by atoms with van der Waals surface area (Å²) in [6.45, 7) is 1.41. The first-order valence-electron chi connectivity index (χ1n) is 12.7. The first-order valence-corrected chi connectivity index (χ1v) is 12.7. The molecule has 12 nitrogen and oxygen atoms in total. The van der Waals surface area contributed by atoms with E-state index in [1.54, 1.807) is 36.4 Å². The number of hydrogen-bond acceptors (Lipinski definition) is 8. The number of amides is 3. The number of aliphatic hydroxyl groups is 1. The van der Waals surface area contributed by atoms with E-state index in [9.17, 15) is 28.7 Å². The molecule has 0 spiro atoms. The molecule has 1 aliphatic carbocycles. The first-order chi connectivity index (χ1) is 19.7. The number of Topliss-reactive ketones (excluding diaryl/α,β-unsaturated/α-hetero) is 1. The number of nitrogens with zero attached hydrogens (tertiary/aromatic N) is 3. The summed E-state index contributed by atoms with van der Waals surface area (Å²) in [5, 5.41) is 22.7. The van der Waals surface area contributed by atoms with Gasteiger partial charge in [0.1, 0.15) is 17.1 Å². The summed E-state index contributed by atoms with van der Waals surface area (Å²) in [6, 6.07) is 10.4. The van der Waals surface area contributed by atoms with E-state index in [2.05, 4.69) is 26.0 Å². The number of anilines is 1. The van der Waals surface area contributed by atoms with E-state index < -0.39 is 29.8 Å². The van der Waals surface area contributed by atoms with E-state index in [0.717, 1.165) is 16.3 Å². The molecular weight excluding hydrogens is 535 g/mol. The van der Waals surface area contributed by atoms with Crippen molar-refractivity contribution in [1.29, 1.82) is 0 Å². The minimum Gasteiger partial charge on any atom is -0.482 e. The molecule has 2 aromatic carbocycles. The van der Waals surface area contributed by atoms with Gasteiger partial charge in [-0.05, 0) is 41.8 Å². The molecule has 6 rings (SSSR count). The minimum absolute atomic E-state index is 0.0470. The quantitative estimate of drug-likeness (QED) is 0.260. The lowest BCUT2D eigenvalue weighted by Gasteiger charge is -2.19. The van der Waals surface area contributed by atoms with Crippen molar-refractivity contribution < 1.29 is 33.4 Å². The molecule has 208 valence electrons. The van der Waals surface area contributed by atoms with Crippen LogP contribution in [-0.2, 0) is 17.8 Å². The second-order valence-electron chi connectivity index (χ2n) is 9.80. The molecule has 1 aliphatic heterocycles. The van der Waals surface area contributed by atoms with Crippen molar-refractivity contribution >= 4 is 34.8 Å². The number of nitrogens with one attached hydrogen (secondary N) is 3. The Morgan fingerprint density at radius 1 is 1.17 bits per heavy atom. The lowest BCUT2D eigenvalue weighted by molar-refractivity contribution is -0.118. The standard InChI is InChI=1S/C28H23FN6O6/c1-13(36)15-3-4-17-16(7-15)8-22(37)25(17)34-28(40)21-9-20(33-26-18(29)11-31-35(21)26)27(39)30-10-14-2-5-23-19(6-14)32-24(38)12-41-23/h2-7,9,11,22,25,37H,8,10,12H2,1H3,(H,30,39)(H,32,38)(H,34,40)/t22-,25+/m0/s1. The van der Waals surface area contributed by atoms with Gasteiger partial charge in [-0.3, -0.25) is 19.2 Å². The summed E-state index contributed by atoms with van der Waals surface area (Å²) in [7, 11) is 0. The maximum Gasteiger partial charge on any atom is 0.270 e. The molecule has 13 heteroatoms. The van der Waals surface area contributed by atoms with Crippen molar-refractivity contribution in [3.8, 4) is 5.75 Å². The van der Waals surface area contributed by atoms with Crippen LogP contribution in [0.1, 0.15) is 61.0 Å². The zero-order chi connectivity index (χ0) is 28.8. The number of benzene rings is 2. The van der Waals surface area contributed by atoms with Crippen molar-refractivity contribution in [2.75, 3.05) is 11.9 Å². The smallest absolute Gasteiger partial charge is 0.270 e. The Bertz CT molecular complexity index is 1770. The van der Waals surface area contributed by atoms with Gasteiger partial charge in [-0.15, -0.1) is 0 Å². The number of rotatable bonds is 6. The third-order valence-corrected chi connectivity index (χ3v) is 7.01. The number of ether oxygens (including phenoxy) is 1. The Kier molecular flexibility index (Phi) is 6.42. The maximum atomic E-state index is 14.5. The van der Waals surface area contributed by atoms with E-state index >= 15 is 0 Å². The zero-order valence-electron chi connectivity index (χ0n) is 21.6. The Labute approximate surface area is 231 Å². The van der Waals surface area contributed by atoms with Gasteiger partial charge in [0.05, 0.1) is 24.0 Å². The molecule has 0 saturated carbocycles. The van der Waals surface area contributed by atoms with Crippen molar-refractivity contribution in [1.82, 2.24) is 25.2 Å². The van der Waals surface area contributed by atoms with Crippen LogP contribution in [-0.4, -0.2) is 55.9 Å².